The maximum atomic E-state index is 10.3. The molecule has 0 aliphatic carbocycles. The second kappa shape index (κ2) is 22.8. The summed E-state index contributed by atoms with van der Waals surface area (Å²) in [7, 11) is 0. The van der Waals surface area contributed by atoms with E-state index in [0.717, 1.165) is 6.92 Å². The minimum Gasteiger partial charge on any atom is -1.00 e. The van der Waals surface area contributed by atoms with Crippen LogP contribution in [0.25, 0.3) is 0 Å². The molecular weight excluding hydrogens is 572 g/mol. The number of hydrogen-bond acceptors (Lipinski definition) is 10. The van der Waals surface area contributed by atoms with Crippen molar-refractivity contribution >= 4 is 161 Å². The molecule has 35 heavy (non-hydrogen) atoms. The summed E-state index contributed by atoms with van der Waals surface area (Å²) < 4.78 is 0. The number of carboxylic acid groups (broad SMARTS) is 7. The first-order valence-electron chi connectivity index (χ1n) is 7.72. The predicted octanol–water partition coefficient (Wildman–Crippen LogP) is -3.75. The van der Waals surface area contributed by atoms with Crippen molar-refractivity contribution in [1.82, 2.24) is 0 Å². The van der Waals surface area contributed by atoms with Gasteiger partial charge in [0.25, 0.3) is 0 Å². The van der Waals surface area contributed by atoms with Gasteiger partial charge in [0, 0.05) is 82.4 Å². The Morgan fingerprint density at radius 2 is 0.686 bits per heavy atom. The van der Waals surface area contributed by atoms with E-state index in [4.69, 9.17) is 46.0 Å². The number of carboxylic acids is 7. The summed E-state index contributed by atoms with van der Waals surface area (Å²) >= 11 is 0. The van der Waals surface area contributed by atoms with E-state index in [2.05, 4.69) is 0 Å². The summed E-state index contributed by atoms with van der Waals surface area (Å²) in [5, 5.41) is 75.3. The summed E-state index contributed by atoms with van der Waals surface area (Å²) in [5.41, 5.74) is -5.48. The van der Waals surface area contributed by atoms with Gasteiger partial charge >= 0.3 is 79.5 Å². The zero-order chi connectivity index (χ0) is 26.4. The molecular formula is C15H22Ca3O17. The average molecular weight is 595 g/mol. The van der Waals surface area contributed by atoms with Gasteiger partial charge in [0.15, 0.2) is 11.2 Å². The second-order valence-corrected chi connectivity index (χ2v) is 5.82. The third kappa shape index (κ3) is 26.5. The van der Waals surface area contributed by atoms with Gasteiger partial charge in [-0.2, -0.15) is 0 Å². The first-order valence-corrected chi connectivity index (χ1v) is 7.72. The predicted molar refractivity (Wildman–Crippen MR) is 112 cm³/mol. The normalized spacial score (nSPS) is 9.34. The molecule has 0 saturated heterocycles. The fourth-order valence-electron chi connectivity index (χ4n) is 1.43. The Kier molecular flexibility index (Phi) is 31.2. The van der Waals surface area contributed by atoms with Crippen LogP contribution in [0.3, 0.4) is 0 Å². The standard InChI is InChI=1S/2C6H8O7.C3H4O3.3Ca.2H/c2*7-3(8)1-6(13,5(11)12)2-4(9)10;1-2(4)3(5)6;;;;;/h2*13H,1-2H2,(H,7,8)(H,9,10)(H,11,12);1H3,(H,5,6);;;;;/q;;;;;+2;2*-1. The van der Waals surface area contributed by atoms with E-state index < -0.39 is 84.5 Å². The van der Waals surface area contributed by atoms with Crippen molar-refractivity contribution in [3.05, 3.63) is 0 Å². The van der Waals surface area contributed by atoms with Gasteiger partial charge in [-0.3, -0.25) is 24.0 Å². The fourth-order valence-corrected chi connectivity index (χ4v) is 1.43. The second-order valence-electron chi connectivity index (χ2n) is 5.82. The van der Waals surface area contributed by atoms with Gasteiger partial charge in [0.05, 0.1) is 25.7 Å². The van der Waals surface area contributed by atoms with Crippen LogP contribution in [0.1, 0.15) is 35.5 Å². The number of carbonyl (C=O) groups excluding carboxylic acids is 1. The van der Waals surface area contributed by atoms with Crippen LogP contribution in [0.15, 0.2) is 0 Å². The smallest absolute Gasteiger partial charge is 1.00 e. The largest absolute Gasteiger partial charge is 2.00 e. The molecule has 0 saturated carbocycles. The Bertz CT molecular complexity index is 694. The number of aliphatic carboxylic acids is 7. The molecule has 0 aromatic rings. The maximum absolute atomic E-state index is 10.3. The van der Waals surface area contributed by atoms with Crippen LogP contribution in [0.4, 0.5) is 0 Å². The van der Waals surface area contributed by atoms with Crippen LogP contribution in [0, 0.1) is 0 Å². The summed E-state index contributed by atoms with van der Waals surface area (Å²) in [6.07, 6.45) is -4.58. The molecule has 0 amide bonds. The number of hydrogen-bond donors (Lipinski definition) is 9. The topological polar surface area (TPSA) is 319 Å². The Morgan fingerprint density at radius 1 is 0.543 bits per heavy atom. The van der Waals surface area contributed by atoms with E-state index in [-0.39, 0.29) is 116 Å². The minimum atomic E-state index is -2.74. The molecule has 20 heteroatoms. The van der Waals surface area contributed by atoms with Crippen LogP contribution in [-0.4, -0.2) is 218 Å². The first kappa shape index (κ1) is 47.8. The van der Waals surface area contributed by atoms with Gasteiger partial charge in [-0.1, -0.05) is 0 Å². The molecule has 0 bridgehead atoms. The van der Waals surface area contributed by atoms with E-state index in [1.54, 1.807) is 0 Å². The van der Waals surface area contributed by atoms with Gasteiger partial charge in [0.2, 0.25) is 5.78 Å². The van der Waals surface area contributed by atoms with E-state index in [9.17, 15) is 38.4 Å². The van der Waals surface area contributed by atoms with E-state index in [1.807, 2.05) is 0 Å². The zero-order valence-corrected chi connectivity index (χ0v) is 24.9. The quantitative estimate of drug-likeness (QED) is 0.0819. The molecule has 190 valence electrons. The van der Waals surface area contributed by atoms with Gasteiger partial charge in [-0.25, -0.2) is 14.4 Å². The van der Waals surface area contributed by atoms with E-state index in [0.29, 0.717) is 0 Å². The average Bonchev–Trinajstić information content (AvgIpc) is 2.52. The fraction of sp³-hybridized carbons (Fsp3) is 0.467. The molecule has 0 heterocycles. The van der Waals surface area contributed by atoms with Gasteiger partial charge in [-0.15, -0.1) is 0 Å². The zero-order valence-electron chi connectivity index (χ0n) is 20.2. The van der Waals surface area contributed by atoms with Crippen LogP contribution < -0.4 is 0 Å². The van der Waals surface area contributed by atoms with Crippen LogP contribution in [0.5, 0.6) is 0 Å². The third-order valence-corrected chi connectivity index (χ3v) is 2.87. The van der Waals surface area contributed by atoms with Crippen LogP contribution in [-0.2, 0) is 38.4 Å². The van der Waals surface area contributed by atoms with E-state index >= 15 is 0 Å². The molecule has 0 rings (SSSR count). The van der Waals surface area contributed by atoms with Crippen molar-refractivity contribution in [2.45, 2.75) is 43.8 Å². The number of Topliss-reactive ketones (excluding diaryl/α,β-unsaturated/α-hetero) is 1. The SMILES string of the molecule is CC(=O)C(=O)O.O=C(O)CC(O)(CC(=O)O)C(=O)O.O=C(O)CC(O)(CC(=O)O)C(=O)O.[Ca+2].[Ca].[Ca].[H-].[H-]. The molecule has 0 aromatic carbocycles. The Hall–Kier alpha value is -0.341. The first-order chi connectivity index (χ1) is 14.2. The Balaban J connectivity index is -0.0000000561. The minimum absolute atomic E-state index is 0. The molecule has 0 aliphatic heterocycles. The Labute approximate surface area is 288 Å². The molecule has 0 spiro atoms. The maximum Gasteiger partial charge on any atom is 2.00 e. The number of carbonyl (C=O) groups is 8. The molecule has 0 aliphatic rings. The number of aliphatic hydroxyl groups is 2. The van der Waals surface area contributed by atoms with E-state index in [1.165, 1.54) is 0 Å². The number of rotatable bonds is 11. The molecule has 17 nitrogen and oxygen atoms in total. The van der Waals surface area contributed by atoms with Crippen LogP contribution in [0.2, 0.25) is 0 Å². The molecule has 0 aromatic heterocycles. The van der Waals surface area contributed by atoms with Gasteiger partial charge in [0.1, 0.15) is 0 Å². The van der Waals surface area contributed by atoms with Crippen molar-refractivity contribution in [1.29, 1.82) is 0 Å². The van der Waals surface area contributed by atoms with Crippen molar-refractivity contribution in [2.24, 2.45) is 0 Å². The monoisotopic (exact) mass is 594 g/mol. The van der Waals surface area contributed by atoms with Crippen molar-refractivity contribution < 1.29 is 87.2 Å². The van der Waals surface area contributed by atoms with Crippen molar-refractivity contribution in [2.75, 3.05) is 0 Å². The molecule has 0 fully saturated rings. The van der Waals surface area contributed by atoms with Gasteiger partial charge < -0.3 is 48.8 Å². The Morgan fingerprint density at radius 3 is 0.743 bits per heavy atom. The third-order valence-electron chi connectivity index (χ3n) is 2.87. The summed E-state index contributed by atoms with van der Waals surface area (Å²) in [5.74, 6) is -12.2. The summed E-state index contributed by atoms with van der Waals surface area (Å²) in [6.45, 7) is 1.00. The molecule has 0 unspecified atom stereocenters. The number of ketones is 1. The van der Waals surface area contributed by atoms with Crippen molar-refractivity contribution in [3.63, 3.8) is 0 Å². The summed E-state index contributed by atoms with van der Waals surface area (Å²) in [4.78, 5) is 79.9. The van der Waals surface area contributed by atoms with Crippen LogP contribution >= 0.6 is 0 Å². The molecule has 0 atom stereocenters. The summed E-state index contributed by atoms with van der Waals surface area (Å²) in [6, 6.07) is 0. The molecule has 9 N–H and O–H groups in total. The van der Waals surface area contributed by atoms with Gasteiger partial charge in [-0.05, 0) is 0 Å². The molecule has 4 radical (unpaired) electrons. The van der Waals surface area contributed by atoms with Crippen molar-refractivity contribution in [3.8, 4) is 0 Å².